The molecule has 0 aliphatic carbocycles. The highest BCUT2D eigenvalue weighted by atomic mass is 32.2. The molecule has 1 aromatic carbocycles. The summed E-state index contributed by atoms with van der Waals surface area (Å²) in [4.78, 5) is 19.3. The lowest BCUT2D eigenvalue weighted by atomic mass is 10.0. The molecule has 1 amide bonds. The van der Waals surface area contributed by atoms with Crippen LogP contribution in [-0.4, -0.2) is 99.3 Å². The van der Waals surface area contributed by atoms with Crippen molar-refractivity contribution in [1.29, 1.82) is 0 Å². The molecule has 0 spiro atoms. The second-order valence-electron chi connectivity index (χ2n) is 8.45. The molecule has 0 radical (unpaired) electrons. The molecule has 7 nitrogen and oxygen atoms in total. The Hall–Kier alpha value is -1.48. The average molecular weight is 423 g/mol. The van der Waals surface area contributed by atoms with Gasteiger partial charge in [0.25, 0.3) is 0 Å². The predicted octanol–water partition coefficient (Wildman–Crippen LogP) is 1.00. The van der Waals surface area contributed by atoms with E-state index in [-0.39, 0.29) is 5.91 Å². The van der Waals surface area contributed by atoms with Crippen LogP contribution in [0, 0.1) is 27.7 Å². The number of rotatable bonds is 4. The molecule has 0 bridgehead atoms. The largest absolute Gasteiger partial charge is 0.339 e. The molecule has 2 fully saturated rings. The summed E-state index contributed by atoms with van der Waals surface area (Å²) in [6, 6.07) is 2.05. The van der Waals surface area contributed by atoms with E-state index in [1.807, 2.05) is 38.7 Å². The fourth-order valence-corrected chi connectivity index (χ4v) is 6.17. The van der Waals surface area contributed by atoms with Gasteiger partial charge in [0, 0.05) is 52.4 Å². The first-order valence-electron chi connectivity index (χ1n) is 10.4. The molecule has 0 N–H and O–H groups in total. The Labute approximate surface area is 175 Å². The van der Waals surface area contributed by atoms with Gasteiger partial charge in [0.1, 0.15) is 0 Å². The van der Waals surface area contributed by atoms with E-state index in [4.69, 9.17) is 0 Å². The lowest BCUT2D eigenvalue weighted by Gasteiger charge is -2.37. The van der Waals surface area contributed by atoms with E-state index in [2.05, 4.69) is 16.8 Å². The topological polar surface area (TPSA) is 64.2 Å². The van der Waals surface area contributed by atoms with Gasteiger partial charge in [-0.1, -0.05) is 6.07 Å². The first kappa shape index (κ1) is 22.2. The Morgan fingerprint density at radius 2 is 1.38 bits per heavy atom. The zero-order valence-electron chi connectivity index (χ0n) is 18.4. The van der Waals surface area contributed by atoms with Crippen LogP contribution in [0.2, 0.25) is 0 Å². The van der Waals surface area contributed by atoms with Crippen molar-refractivity contribution in [2.75, 3.05) is 66.0 Å². The fraction of sp³-hybridized carbons (Fsp3) is 0.667. The molecular weight excluding hydrogens is 388 g/mol. The van der Waals surface area contributed by atoms with Gasteiger partial charge >= 0.3 is 0 Å². The number of amides is 1. The first-order valence-corrected chi connectivity index (χ1v) is 11.8. The van der Waals surface area contributed by atoms with E-state index < -0.39 is 10.0 Å². The minimum Gasteiger partial charge on any atom is -0.339 e. The minimum atomic E-state index is -3.54. The van der Waals surface area contributed by atoms with E-state index in [1.165, 1.54) is 0 Å². The molecule has 0 aromatic heterocycles. The molecular formula is C21H34N4O3S. The van der Waals surface area contributed by atoms with Crippen molar-refractivity contribution in [3.63, 3.8) is 0 Å². The Bertz CT molecular complexity index is 842. The maximum absolute atomic E-state index is 13.4. The molecule has 8 heteroatoms. The van der Waals surface area contributed by atoms with Crippen molar-refractivity contribution in [2.45, 2.75) is 32.6 Å². The Morgan fingerprint density at radius 3 is 1.90 bits per heavy atom. The molecule has 1 aromatic rings. The smallest absolute Gasteiger partial charge is 0.243 e. The van der Waals surface area contributed by atoms with Gasteiger partial charge in [-0.2, -0.15) is 4.31 Å². The number of benzene rings is 1. The highest BCUT2D eigenvalue weighted by Crippen LogP contribution is 2.29. The highest BCUT2D eigenvalue weighted by molar-refractivity contribution is 7.89. The summed E-state index contributed by atoms with van der Waals surface area (Å²) in [6.07, 6.45) is 0. The van der Waals surface area contributed by atoms with Crippen molar-refractivity contribution in [3.05, 3.63) is 28.3 Å². The van der Waals surface area contributed by atoms with Crippen LogP contribution in [-0.2, 0) is 14.8 Å². The van der Waals surface area contributed by atoms with Crippen LogP contribution in [0.1, 0.15) is 22.3 Å². The number of hydrogen-bond acceptors (Lipinski definition) is 5. The van der Waals surface area contributed by atoms with E-state index >= 15 is 0 Å². The normalized spacial score (nSPS) is 20.2. The van der Waals surface area contributed by atoms with Crippen molar-refractivity contribution in [3.8, 4) is 0 Å². The number of likely N-dealkylation sites (N-methyl/N-ethyl adjacent to an activating group) is 1. The molecule has 2 aliphatic rings. The number of sulfonamides is 1. The Morgan fingerprint density at radius 1 is 0.862 bits per heavy atom. The predicted molar refractivity (Wildman–Crippen MR) is 115 cm³/mol. The zero-order chi connectivity index (χ0) is 21.3. The van der Waals surface area contributed by atoms with Crippen LogP contribution in [0.25, 0.3) is 0 Å². The number of aryl methyl sites for hydroxylation is 2. The van der Waals surface area contributed by atoms with Crippen molar-refractivity contribution in [1.82, 2.24) is 19.0 Å². The van der Waals surface area contributed by atoms with E-state index in [1.54, 1.807) is 4.31 Å². The van der Waals surface area contributed by atoms with Crippen LogP contribution in [0.3, 0.4) is 0 Å². The van der Waals surface area contributed by atoms with Crippen LogP contribution >= 0.6 is 0 Å². The van der Waals surface area contributed by atoms with Gasteiger partial charge in [-0.25, -0.2) is 8.42 Å². The Balaban J connectivity index is 1.64. The molecule has 3 rings (SSSR count). The van der Waals surface area contributed by atoms with Gasteiger partial charge in [-0.05, 0) is 57.0 Å². The SMILES string of the molecule is Cc1cc(C)c(C)c(S(=O)(=O)N2CCN(CC(=O)N3CCN(C)CC3)CC2)c1C. The summed E-state index contributed by atoms with van der Waals surface area (Å²) in [7, 11) is -1.47. The summed E-state index contributed by atoms with van der Waals surface area (Å²) in [5.74, 6) is 0.149. The van der Waals surface area contributed by atoms with E-state index in [9.17, 15) is 13.2 Å². The van der Waals surface area contributed by atoms with Crippen LogP contribution in [0.15, 0.2) is 11.0 Å². The maximum Gasteiger partial charge on any atom is 0.243 e. The number of carbonyl (C=O) groups is 1. The van der Waals surface area contributed by atoms with Gasteiger partial charge < -0.3 is 9.80 Å². The maximum atomic E-state index is 13.4. The molecule has 0 saturated carbocycles. The third-order valence-electron chi connectivity index (χ3n) is 6.44. The quantitative estimate of drug-likeness (QED) is 0.724. The summed E-state index contributed by atoms with van der Waals surface area (Å²) < 4.78 is 28.3. The zero-order valence-corrected chi connectivity index (χ0v) is 19.2. The molecule has 29 heavy (non-hydrogen) atoms. The second-order valence-corrected chi connectivity index (χ2v) is 10.3. The van der Waals surface area contributed by atoms with Gasteiger partial charge in [-0.15, -0.1) is 0 Å². The summed E-state index contributed by atoms with van der Waals surface area (Å²) in [5, 5.41) is 0. The summed E-state index contributed by atoms with van der Waals surface area (Å²) >= 11 is 0. The van der Waals surface area contributed by atoms with Crippen LogP contribution < -0.4 is 0 Å². The molecule has 0 unspecified atom stereocenters. The molecule has 162 valence electrons. The Kier molecular flexibility index (Phi) is 6.67. The number of hydrogen-bond donors (Lipinski definition) is 0. The fourth-order valence-electron chi connectivity index (χ4n) is 4.17. The highest BCUT2D eigenvalue weighted by Gasteiger charge is 2.32. The summed E-state index contributed by atoms with van der Waals surface area (Å²) in [6.45, 7) is 13.4. The van der Waals surface area contributed by atoms with Gasteiger partial charge in [0.2, 0.25) is 15.9 Å². The molecule has 0 atom stereocenters. The van der Waals surface area contributed by atoms with Crippen LogP contribution in [0.4, 0.5) is 0 Å². The molecule has 2 heterocycles. The van der Waals surface area contributed by atoms with Crippen molar-refractivity contribution >= 4 is 15.9 Å². The lowest BCUT2D eigenvalue weighted by Crippen LogP contribution is -2.54. The van der Waals surface area contributed by atoms with Gasteiger partial charge in [0.05, 0.1) is 11.4 Å². The van der Waals surface area contributed by atoms with E-state index in [0.29, 0.717) is 37.6 Å². The first-order chi connectivity index (χ1) is 13.6. The minimum absolute atomic E-state index is 0.149. The monoisotopic (exact) mass is 422 g/mol. The molecule has 2 saturated heterocycles. The van der Waals surface area contributed by atoms with Crippen molar-refractivity contribution < 1.29 is 13.2 Å². The lowest BCUT2D eigenvalue weighted by molar-refractivity contribution is -0.134. The van der Waals surface area contributed by atoms with E-state index in [0.717, 1.165) is 48.4 Å². The average Bonchev–Trinajstić information content (AvgIpc) is 2.67. The number of piperazine rings is 2. The van der Waals surface area contributed by atoms with Gasteiger partial charge in [-0.3, -0.25) is 9.69 Å². The third kappa shape index (κ3) is 4.66. The van der Waals surface area contributed by atoms with Crippen LogP contribution in [0.5, 0.6) is 0 Å². The van der Waals surface area contributed by atoms with Gasteiger partial charge in [0.15, 0.2) is 0 Å². The standard InChI is InChI=1S/C21H34N4O3S/c1-16-14-17(2)19(4)21(18(16)3)29(27,28)25-12-8-23(9-13-25)15-20(26)24-10-6-22(5)7-11-24/h14H,6-13,15H2,1-5H3. The number of carbonyl (C=O) groups excluding carboxylic acids is 1. The molecule has 2 aliphatic heterocycles. The number of nitrogens with zero attached hydrogens (tertiary/aromatic N) is 4. The third-order valence-corrected chi connectivity index (χ3v) is 8.61. The van der Waals surface area contributed by atoms with Crippen molar-refractivity contribution in [2.24, 2.45) is 0 Å². The summed E-state index contributed by atoms with van der Waals surface area (Å²) in [5.41, 5.74) is 3.67. The second kappa shape index (κ2) is 8.71.